The van der Waals surface area contributed by atoms with Gasteiger partial charge in [-0.25, -0.2) is 9.18 Å². The Bertz CT molecular complexity index is 393. The first-order chi connectivity index (χ1) is 7.60. The third-order valence-electron chi connectivity index (χ3n) is 1.98. The van der Waals surface area contributed by atoms with E-state index in [0.717, 1.165) is 6.07 Å². The molecule has 0 radical (unpaired) electrons. The van der Waals surface area contributed by atoms with Gasteiger partial charge in [-0.15, -0.1) is 0 Å². The summed E-state index contributed by atoms with van der Waals surface area (Å²) < 4.78 is 22.9. The molecule has 0 aromatic heterocycles. The molecule has 5 heteroatoms. The topological polar surface area (TPSA) is 61.5 Å². The Morgan fingerprint density at radius 2 is 2.19 bits per heavy atom. The Labute approximate surface area is 93.2 Å². The van der Waals surface area contributed by atoms with E-state index >= 15 is 0 Å². The first-order valence-corrected chi connectivity index (χ1v) is 4.90. The second-order valence-corrected chi connectivity index (χ2v) is 3.21. The van der Waals surface area contributed by atoms with Gasteiger partial charge in [-0.2, -0.15) is 0 Å². The van der Waals surface area contributed by atoms with E-state index in [2.05, 4.69) is 0 Å². The zero-order valence-corrected chi connectivity index (χ0v) is 9.25. The smallest absolute Gasteiger partial charge is 0.340 e. The number of methoxy groups -OCH3 is 1. The van der Waals surface area contributed by atoms with Gasteiger partial charge in [0.2, 0.25) is 0 Å². The van der Waals surface area contributed by atoms with Crippen LogP contribution in [0, 0.1) is 5.82 Å². The number of esters is 1. The minimum Gasteiger partial charge on any atom is -0.494 e. The van der Waals surface area contributed by atoms with Crippen LogP contribution in [0.15, 0.2) is 12.1 Å². The predicted molar refractivity (Wildman–Crippen MR) is 57.9 cm³/mol. The summed E-state index contributed by atoms with van der Waals surface area (Å²) in [7, 11) is 1.33. The molecule has 0 aliphatic carbocycles. The van der Waals surface area contributed by atoms with Gasteiger partial charge in [0.1, 0.15) is 0 Å². The number of halogens is 1. The van der Waals surface area contributed by atoms with Crippen molar-refractivity contribution in [2.45, 2.75) is 13.3 Å². The number of hydrogen-bond donors (Lipinski definition) is 1. The molecule has 0 unspecified atom stereocenters. The van der Waals surface area contributed by atoms with Crippen molar-refractivity contribution < 1.29 is 18.7 Å². The first kappa shape index (κ1) is 12.3. The molecule has 2 N–H and O–H groups in total. The summed E-state index contributed by atoms with van der Waals surface area (Å²) in [6.07, 6.45) is 0.699. The molecule has 0 saturated carbocycles. The summed E-state index contributed by atoms with van der Waals surface area (Å²) in [5.74, 6) is -1.26. The fourth-order valence-corrected chi connectivity index (χ4v) is 1.17. The molecule has 0 amide bonds. The molecule has 1 aromatic rings. The van der Waals surface area contributed by atoms with Gasteiger partial charge in [0.25, 0.3) is 0 Å². The molecule has 0 bridgehead atoms. The van der Waals surface area contributed by atoms with E-state index in [4.69, 9.17) is 15.2 Å². The van der Waals surface area contributed by atoms with Crippen molar-refractivity contribution in [1.29, 1.82) is 0 Å². The fourth-order valence-electron chi connectivity index (χ4n) is 1.17. The molecule has 0 atom stereocenters. The van der Waals surface area contributed by atoms with Gasteiger partial charge in [-0.3, -0.25) is 0 Å². The second-order valence-electron chi connectivity index (χ2n) is 3.21. The Morgan fingerprint density at radius 1 is 1.50 bits per heavy atom. The Kier molecular flexibility index (Phi) is 4.10. The van der Waals surface area contributed by atoms with Crippen LogP contribution in [0.5, 0.6) is 5.75 Å². The lowest BCUT2D eigenvalue weighted by Gasteiger charge is -2.08. The molecule has 16 heavy (non-hydrogen) atoms. The molecule has 0 spiro atoms. The van der Waals surface area contributed by atoms with Crippen LogP contribution in [-0.2, 0) is 4.74 Å². The highest BCUT2D eigenvalue weighted by atomic mass is 19.1. The number of carbonyl (C=O) groups excluding carboxylic acids is 1. The minimum absolute atomic E-state index is 0.00421. The summed E-state index contributed by atoms with van der Waals surface area (Å²) in [4.78, 5) is 11.5. The lowest BCUT2D eigenvalue weighted by molar-refractivity contribution is 0.0506. The number of benzene rings is 1. The van der Waals surface area contributed by atoms with Gasteiger partial charge in [0.05, 0.1) is 25.0 Å². The van der Waals surface area contributed by atoms with E-state index in [9.17, 15) is 9.18 Å². The summed E-state index contributed by atoms with van der Waals surface area (Å²) in [6.45, 7) is 2.15. The predicted octanol–water partition coefficient (Wildman–Crippen LogP) is 1.98. The minimum atomic E-state index is -0.639. The molecule has 0 heterocycles. The first-order valence-electron chi connectivity index (χ1n) is 4.90. The van der Waals surface area contributed by atoms with E-state index in [0.29, 0.717) is 6.42 Å². The van der Waals surface area contributed by atoms with Crippen LogP contribution in [0.4, 0.5) is 10.1 Å². The number of rotatable bonds is 4. The second kappa shape index (κ2) is 5.34. The number of ether oxygens (including phenoxy) is 2. The van der Waals surface area contributed by atoms with E-state index in [1.54, 1.807) is 0 Å². The third-order valence-corrected chi connectivity index (χ3v) is 1.98. The SMILES string of the molecule is CCCOC(=O)c1cc(F)c(OC)cc1N. The number of nitrogens with two attached hydrogens (primary N) is 1. The van der Waals surface area contributed by atoms with Gasteiger partial charge in [0.15, 0.2) is 11.6 Å². The maximum atomic E-state index is 13.3. The van der Waals surface area contributed by atoms with Crippen molar-refractivity contribution in [3.05, 3.63) is 23.5 Å². The maximum Gasteiger partial charge on any atom is 0.340 e. The van der Waals surface area contributed by atoms with Crippen molar-refractivity contribution in [2.75, 3.05) is 19.5 Å². The molecule has 1 aromatic carbocycles. The molecule has 88 valence electrons. The van der Waals surface area contributed by atoms with Gasteiger partial charge in [-0.1, -0.05) is 6.92 Å². The van der Waals surface area contributed by atoms with Gasteiger partial charge >= 0.3 is 5.97 Å². The molecule has 0 fully saturated rings. The summed E-state index contributed by atoms with van der Waals surface area (Å²) in [5.41, 5.74) is 5.75. The summed E-state index contributed by atoms with van der Waals surface area (Å²) in [5, 5.41) is 0. The van der Waals surface area contributed by atoms with Crippen LogP contribution in [-0.4, -0.2) is 19.7 Å². The van der Waals surface area contributed by atoms with Crippen molar-refractivity contribution >= 4 is 11.7 Å². The Morgan fingerprint density at radius 3 is 2.75 bits per heavy atom. The molecule has 0 aliphatic heterocycles. The largest absolute Gasteiger partial charge is 0.494 e. The van der Waals surface area contributed by atoms with Gasteiger partial charge in [-0.05, 0) is 12.5 Å². The lowest BCUT2D eigenvalue weighted by atomic mass is 10.1. The van der Waals surface area contributed by atoms with Crippen LogP contribution < -0.4 is 10.5 Å². The molecule has 4 nitrogen and oxygen atoms in total. The van der Waals surface area contributed by atoms with Crippen LogP contribution in [0.2, 0.25) is 0 Å². The van der Waals surface area contributed by atoms with Crippen LogP contribution >= 0.6 is 0 Å². The molecule has 0 aliphatic rings. The number of anilines is 1. The molecule has 1 rings (SSSR count). The zero-order valence-electron chi connectivity index (χ0n) is 9.25. The Balaban J connectivity index is 2.97. The average Bonchev–Trinajstić information content (AvgIpc) is 2.28. The van der Waals surface area contributed by atoms with Crippen LogP contribution in [0.3, 0.4) is 0 Å². The molecular weight excluding hydrogens is 213 g/mol. The number of carbonyl (C=O) groups is 1. The van der Waals surface area contributed by atoms with Gasteiger partial charge < -0.3 is 15.2 Å². The standard InChI is InChI=1S/C11H14FNO3/c1-3-4-16-11(14)7-5-8(12)10(15-2)6-9(7)13/h5-6H,3-4,13H2,1-2H3. The summed E-state index contributed by atoms with van der Waals surface area (Å²) in [6, 6.07) is 2.28. The highest BCUT2D eigenvalue weighted by Crippen LogP contribution is 2.24. The highest BCUT2D eigenvalue weighted by molar-refractivity contribution is 5.95. The molecular formula is C11H14FNO3. The van der Waals surface area contributed by atoms with Gasteiger partial charge in [0, 0.05) is 6.07 Å². The van der Waals surface area contributed by atoms with Crippen molar-refractivity contribution in [2.24, 2.45) is 0 Å². The average molecular weight is 227 g/mol. The number of hydrogen-bond acceptors (Lipinski definition) is 4. The van der Waals surface area contributed by atoms with Crippen LogP contribution in [0.25, 0.3) is 0 Å². The summed E-state index contributed by atoms with van der Waals surface area (Å²) >= 11 is 0. The van der Waals surface area contributed by atoms with E-state index in [1.807, 2.05) is 6.92 Å². The van der Waals surface area contributed by atoms with E-state index in [1.165, 1.54) is 13.2 Å². The third kappa shape index (κ3) is 2.62. The van der Waals surface area contributed by atoms with Crippen molar-refractivity contribution in [1.82, 2.24) is 0 Å². The zero-order chi connectivity index (χ0) is 12.1. The molecule has 0 saturated heterocycles. The van der Waals surface area contributed by atoms with E-state index in [-0.39, 0.29) is 23.6 Å². The number of nitrogen functional groups attached to an aromatic ring is 1. The Hall–Kier alpha value is -1.78. The van der Waals surface area contributed by atoms with E-state index < -0.39 is 11.8 Å². The van der Waals surface area contributed by atoms with Crippen molar-refractivity contribution in [3.8, 4) is 5.75 Å². The monoisotopic (exact) mass is 227 g/mol. The highest BCUT2D eigenvalue weighted by Gasteiger charge is 2.15. The quantitative estimate of drug-likeness (QED) is 0.631. The van der Waals surface area contributed by atoms with Crippen molar-refractivity contribution in [3.63, 3.8) is 0 Å². The maximum absolute atomic E-state index is 13.3. The fraction of sp³-hybridized carbons (Fsp3) is 0.364. The lowest BCUT2D eigenvalue weighted by Crippen LogP contribution is -2.09. The normalized spacial score (nSPS) is 9.94. The van der Waals surface area contributed by atoms with Crippen LogP contribution in [0.1, 0.15) is 23.7 Å².